The zero-order valence-corrected chi connectivity index (χ0v) is 15.1. The topological polar surface area (TPSA) is 81.5 Å². The van der Waals surface area contributed by atoms with Crippen LogP contribution in [0.4, 0.5) is 0 Å². The van der Waals surface area contributed by atoms with Gasteiger partial charge in [-0.1, -0.05) is 70.4 Å². The standard InChI is InChI=1S/C19H37N3O/c1-2-3-4-5-6-7-8-9-10-11-12-13-14-15-16-17-18(23)22-19(20)21/h9-10H,2-8,11-17H2,1H3,(H4,20,21,22,23)/b10-9-. The highest BCUT2D eigenvalue weighted by atomic mass is 16.1. The highest BCUT2D eigenvalue weighted by Crippen LogP contribution is 2.10. The van der Waals surface area contributed by atoms with Gasteiger partial charge >= 0.3 is 0 Å². The molecule has 0 saturated heterocycles. The second-order valence-corrected chi connectivity index (χ2v) is 6.26. The number of hydrogen-bond donors (Lipinski definition) is 2. The van der Waals surface area contributed by atoms with Gasteiger partial charge in [-0.05, 0) is 32.1 Å². The molecule has 0 aromatic carbocycles. The molecule has 1 amide bonds. The molecule has 0 aromatic heterocycles. The quantitative estimate of drug-likeness (QED) is 0.196. The summed E-state index contributed by atoms with van der Waals surface area (Å²) >= 11 is 0. The molecule has 0 aliphatic carbocycles. The third-order valence-corrected chi connectivity index (χ3v) is 3.91. The summed E-state index contributed by atoms with van der Waals surface area (Å²) in [7, 11) is 0. The van der Waals surface area contributed by atoms with Crippen molar-refractivity contribution in [3.63, 3.8) is 0 Å². The van der Waals surface area contributed by atoms with Gasteiger partial charge in [-0.25, -0.2) is 0 Å². The normalized spacial score (nSPS) is 11.0. The maximum Gasteiger partial charge on any atom is 0.248 e. The molecular formula is C19H37N3O. The van der Waals surface area contributed by atoms with E-state index in [4.69, 9.17) is 11.5 Å². The number of nitrogens with two attached hydrogens (primary N) is 2. The first-order chi connectivity index (χ1) is 11.2. The summed E-state index contributed by atoms with van der Waals surface area (Å²) < 4.78 is 0. The van der Waals surface area contributed by atoms with E-state index in [1.165, 1.54) is 70.6 Å². The summed E-state index contributed by atoms with van der Waals surface area (Å²) in [5, 5.41) is 0. The van der Waals surface area contributed by atoms with Crippen LogP contribution in [0.3, 0.4) is 0 Å². The highest BCUT2D eigenvalue weighted by molar-refractivity contribution is 5.91. The molecule has 23 heavy (non-hydrogen) atoms. The first-order valence-corrected chi connectivity index (χ1v) is 9.44. The molecule has 4 N–H and O–H groups in total. The van der Waals surface area contributed by atoms with Gasteiger partial charge in [-0.15, -0.1) is 0 Å². The summed E-state index contributed by atoms with van der Waals surface area (Å²) in [6.07, 6.45) is 21.4. The number of hydrogen-bond acceptors (Lipinski definition) is 1. The van der Waals surface area contributed by atoms with E-state index in [9.17, 15) is 4.79 Å². The Balaban J connectivity index is 3.22. The number of carbonyl (C=O) groups is 1. The van der Waals surface area contributed by atoms with Crippen LogP contribution in [-0.4, -0.2) is 11.9 Å². The van der Waals surface area contributed by atoms with Gasteiger partial charge in [0.15, 0.2) is 5.96 Å². The van der Waals surface area contributed by atoms with Gasteiger partial charge in [-0.2, -0.15) is 4.99 Å². The number of rotatable bonds is 15. The van der Waals surface area contributed by atoms with Crippen molar-refractivity contribution in [1.82, 2.24) is 0 Å². The van der Waals surface area contributed by atoms with E-state index in [1.54, 1.807) is 0 Å². The number of amides is 1. The molecule has 0 spiro atoms. The third kappa shape index (κ3) is 18.6. The van der Waals surface area contributed by atoms with Crippen LogP contribution in [0.25, 0.3) is 0 Å². The molecule has 0 rings (SSSR count). The van der Waals surface area contributed by atoms with Crippen molar-refractivity contribution in [3.05, 3.63) is 12.2 Å². The van der Waals surface area contributed by atoms with Crippen LogP contribution in [0.1, 0.15) is 96.8 Å². The summed E-state index contributed by atoms with van der Waals surface area (Å²) in [6.45, 7) is 2.26. The summed E-state index contributed by atoms with van der Waals surface area (Å²) in [6, 6.07) is 0. The number of allylic oxidation sites excluding steroid dienone is 2. The fourth-order valence-corrected chi connectivity index (χ4v) is 2.55. The molecule has 0 radical (unpaired) electrons. The Hall–Kier alpha value is -1.32. The van der Waals surface area contributed by atoms with E-state index in [2.05, 4.69) is 24.1 Å². The number of nitrogens with zero attached hydrogens (tertiary/aromatic N) is 1. The van der Waals surface area contributed by atoms with E-state index in [0.717, 1.165) is 12.8 Å². The first-order valence-electron chi connectivity index (χ1n) is 9.44. The van der Waals surface area contributed by atoms with Crippen molar-refractivity contribution in [1.29, 1.82) is 0 Å². The van der Waals surface area contributed by atoms with Crippen LogP contribution in [0.5, 0.6) is 0 Å². The lowest BCUT2D eigenvalue weighted by molar-refractivity contribution is -0.117. The second-order valence-electron chi connectivity index (χ2n) is 6.26. The molecule has 0 atom stereocenters. The molecule has 0 fully saturated rings. The van der Waals surface area contributed by atoms with Gasteiger partial charge in [0, 0.05) is 6.42 Å². The number of guanidine groups is 1. The minimum Gasteiger partial charge on any atom is -0.370 e. The van der Waals surface area contributed by atoms with Crippen LogP contribution in [0.2, 0.25) is 0 Å². The minimum atomic E-state index is -0.206. The van der Waals surface area contributed by atoms with Crippen molar-refractivity contribution in [2.24, 2.45) is 16.5 Å². The van der Waals surface area contributed by atoms with Gasteiger partial charge in [-0.3, -0.25) is 4.79 Å². The van der Waals surface area contributed by atoms with Crippen molar-refractivity contribution in [2.45, 2.75) is 96.8 Å². The lowest BCUT2D eigenvalue weighted by Gasteiger charge is -1.99. The van der Waals surface area contributed by atoms with Crippen molar-refractivity contribution in [3.8, 4) is 0 Å². The molecule has 0 saturated carbocycles. The van der Waals surface area contributed by atoms with Crippen LogP contribution >= 0.6 is 0 Å². The van der Waals surface area contributed by atoms with Gasteiger partial charge in [0.1, 0.15) is 0 Å². The van der Waals surface area contributed by atoms with Crippen LogP contribution in [0.15, 0.2) is 17.1 Å². The Morgan fingerprint density at radius 3 is 1.78 bits per heavy atom. The number of unbranched alkanes of at least 4 members (excludes halogenated alkanes) is 11. The molecule has 4 heteroatoms. The Morgan fingerprint density at radius 2 is 1.26 bits per heavy atom. The molecule has 134 valence electrons. The predicted molar refractivity (Wildman–Crippen MR) is 100 cm³/mol. The molecule has 0 bridgehead atoms. The minimum absolute atomic E-state index is 0.136. The molecule has 4 nitrogen and oxygen atoms in total. The largest absolute Gasteiger partial charge is 0.370 e. The molecule has 0 heterocycles. The summed E-state index contributed by atoms with van der Waals surface area (Å²) in [5.74, 6) is -0.342. The lowest BCUT2D eigenvalue weighted by Crippen LogP contribution is -2.24. The van der Waals surface area contributed by atoms with Crippen molar-refractivity contribution >= 4 is 11.9 Å². The lowest BCUT2D eigenvalue weighted by atomic mass is 10.1. The molecule has 0 unspecified atom stereocenters. The Kier molecular flexibility index (Phi) is 16.1. The van der Waals surface area contributed by atoms with Gasteiger partial charge in [0.25, 0.3) is 0 Å². The van der Waals surface area contributed by atoms with E-state index in [-0.39, 0.29) is 11.9 Å². The average Bonchev–Trinajstić information content (AvgIpc) is 2.50. The highest BCUT2D eigenvalue weighted by Gasteiger charge is 1.99. The van der Waals surface area contributed by atoms with Crippen LogP contribution in [0, 0.1) is 0 Å². The zero-order chi connectivity index (χ0) is 17.2. The third-order valence-electron chi connectivity index (χ3n) is 3.91. The van der Waals surface area contributed by atoms with E-state index in [1.807, 2.05) is 0 Å². The van der Waals surface area contributed by atoms with E-state index in [0.29, 0.717) is 6.42 Å². The maximum atomic E-state index is 11.2. The zero-order valence-electron chi connectivity index (χ0n) is 15.1. The Bertz CT molecular complexity index is 334. The monoisotopic (exact) mass is 323 g/mol. The van der Waals surface area contributed by atoms with Crippen LogP contribution in [-0.2, 0) is 4.79 Å². The van der Waals surface area contributed by atoms with Gasteiger partial charge in [0.2, 0.25) is 5.91 Å². The SMILES string of the molecule is CCCCCCCC/C=C\CCCCCCCC(=O)N=C(N)N. The van der Waals surface area contributed by atoms with E-state index < -0.39 is 0 Å². The summed E-state index contributed by atoms with van der Waals surface area (Å²) in [4.78, 5) is 14.7. The molecule has 0 aromatic rings. The molecule has 0 aliphatic heterocycles. The Labute approximate surface area is 142 Å². The summed E-state index contributed by atoms with van der Waals surface area (Å²) in [5.41, 5.74) is 10.3. The second kappa shape index (κ2) is 17.0. The average molecular weight is 324 g/mol. The number of carbonyl (C=O) groups excluding carboxylic acids is 1. The fraction of sp³-hybridized carbons (Fsp3) is 0.789. The van der Waals surface area contributed by atoms with Gasteiger partial charge < -0.3 is 11.5 Å². The first kappa shape index (κ1) is 21.7. The molecular weight excluding hydrogens is 286 g/mol. The molecule has 0 aliphatic rings. The van der Waals surface area contributed by atoms with Gasteiger partial charge in [0.05, 0.1) is 0 Å². The van der Waals surface area contributed by atoms with E-state index >= 15 is 0 Å². The Morgan fingerprint density at radius 1 is 0.783 bits per heavy atom. The smallest absolute Gasteiger partial charge is 0.248 e. The van der Waals surface area contributed by atoms with Crippen molar-refractivity contribution < 1.29 is 4.79 Å². The fourth-order valence-electron chi connectivity index (χ4n) is 2.55. The number of aliphatic imine (C=N–C) groups is 1. The van der Waals surface area contributed by atoms with Crippen LogP contribution < -0.4 is 11.5 Å². The van der Waals surface area contributed by atoms with Crippen molar-refractivity contribution in [2.75, 3.05) is 0 Å². The predicted octanol–water partition coefficient (Wildman–Crippen LogP) is 4.82. The maximum absolute atomic E-state index is 11.2.